The summed E-state index contributed by atoms with van der Waals surface area (Å²) in [6, 6.07) is 5.30. The molecule has 0 amide bonds. The molecule has 0 aromatic heterocycles. The van der Waals surface area contributed by atoms with Crippen LogP contribution in [0.5, 0.6) is 0 Å². The van der Waals surface area contributed by atoms with Gasteiger partial charge >= 0.3 is 0 Å². The van der Waals surface area contributed by atoms with Gasteiger partial charge < -0.3 is 10.2 Å². The Balaban J connectivity index is 2.20. The Bertz CT molecular complexity index is 401. The summed E-state index contributed by atoms with van der Waals surface area (Å²) in [6.45, 7) is 6.14. The molecule has 1 unspecified atom stereocenters. The predicted octanol–water partition coefficient (Wildman–Crippen LogP) is 3.34. The number of anilines is 1. The smallest absolute Gasteiger partial charge is 0.123 e. The van der Waals surface area contributed by atoms with Gasteiger partial charge in [0.1, 0.15) is 5.82 Å². The van der Waals surface area contributed by atoms with Gasteiger partial charge in [-0.05, 0) is 56.0 Å². The quantitative estimate of drug-likeness (QED) is 0.833. The van der Waals surface area contributed by atoms with E-state index in [0.717, 1.165) is 30.3 Å². The average molecular weight is 250 g/mol. The molecule has 3 heteroatoms. The Morgan fingerprint density at radius 2 is 2.17 bits per heavy atom. The van der Waals surface area contributed by atoms with E-state index < -0.39 is 0 Å². The highest BCUT2D eigenvalue weighted by Crippen LogP contribution is 2.33. The van der Waals surface area contributed by atoms with Gasteiger partial charge in [-0.2, -0.15) is 0 Å². The van der Waals surface area contributed by atoms with Crippen molar-refractivity contribution in [2.45, 2.75) is 32.7 Å². The van der Waals surface area contributed by atoms with Crippen molar-refractivity contribution in [1.29, 1.82) is 0 Å². The van der Waals surface area contributed by atoms with Crippen LogP contribution in [-0.2, 0) is 0 Å². The fourth-order valence-electron chi connectivity index (χ4n) is 2.42. The molecule has 1 aliphatic carbocycles. The Labute approximate surface area is 109 Å². The van der Waals surface area contributed by atoms with Gasteiger partial charge in [0, 0.05) is 25.3 Å². The molecule has 100 valence electrons. The van der Waals surface area contributed by atoms with E-state index >= 15 is 0 Å². The maximum absolute atomic E-state index is 13.4. The first kappa shape index (κ1) is 13.3. The maximum atomic E-state index is 13.4. The molecule has 2 nitrogen and oxygen atoms in total. The third-order valence-corrected chi connectivity index (χ3v) is 3.61. The summed E-state index contributed by atoms with van der Waals surface area (Å²) >= 11 is 0. The van der Waals surface area contributed by atoms with Crippen molar-refractivity contribution in [2.24, 2.45) is 5.92 Å². The van der Waals surface area contributed by atoms with Gasteiger partial charge in [-0.3, -0.25) is 0 Å². The maximum Gasteiger partial charge on any atom is 0.123 e. The summed E-state index contributed by atoms with van der Waals surface area (Å²) in [7, 11) is 2.10. The standard InChI is InChI=1S/C15H23FN2/c1-4-17-11(2)14-9-13(16)7-8-15(14)18(3)10-12-5-6-12/h7-9,11-12,17H,4-6,10H2,1-3H3. The lowest BCUT2D eigenvalue weighted by molar-refractivity contribution is 0.581. The molecular formula is C15H23FN2. The zero-order valence-corrected chi connectivity index (χ0v) is 11.5. The molecule has 1 aliphatic rings. The molecule has 0 heterocycles. The van der Waals surface area contributed by atoms with Crippen LogP contribution >= 0.6 is 0 Å². The van der Waals surface area contributed by atoms with Crippen LogP contribution in [0, 0.1) is 11.7 Å². The molecule has 1 fully saturated rings. The fourth-order valence-corrected chi connectivity index (χ4v) is 2.42. The van der Waals surface area contributed by atoms with Gasteiger partial charge in [-0.25, -0.2) is 4.39 Å². The minimum absolute atomic E-state index is 0.154. The monoisotopic (exact) mass is 250 g/mol. The van der Waals surface area contributed by atoms with Crippen LogP contribution in [0.3, 0.4) is 0 Å². The zero-order valence-electron chi connectivity index (χ0n) is 11.5. The molecule has 2 rings (SSSR count). The number of nitrogens with zero attached hydrogens (tertiary/aromatic N) is 1. The van der Waals surface area contributed by atoms with Crippen molar-refractivity contribution in [1.82, 2.24) is 5.32 Å². The van der Waals surface area contributed by atoms with Crippen LogP contribution in [0.1, 0.15) is 38.3 Å². The van der Waals surface area contributed by atoms with Gasteiger partial charge in [0.05, 0.1) is 0 Å². The Morgan fingerprint density at radius 3 is 2.78 bits per heavy atom. The Morgan fingerprint density at radius 1 is 1.44 bits per heavy atom. The molecule has 0 aliphatic heterocycles. The summed E-state index contributed by atoms with van der Waals surface area (Å²) in [4.78, 5) is 2.26. The second kappa shape index (κ2) is 5.70. The fraction of sp³-hybridized carbons (Fsp3) is 0.600. The van der Waals surface area contributed by atoms with Crippen molar-refractivity contribution < 1.29 is 4.39 Å². The number of hydrogen-bond acceptors (Lipinski definition) is 2. The summed E-state index contributed by atoms with van der Waals surface area (Å²) in [6.07, 6.45) is 2.67. The highest BCUT2D eigenvalue weighted by molar-refractivity contribution is 5.54. The predicted molar refractivity (Wildman–Crippen MR) is 74.5 cm³/mol. The van der Waals surface area contributed by atoms with E-state index in [1.165, 1.54) is 12.8 Å². The summed E-state index contributed by atoms with van der Waals surface area (Å²) in [5.74, 6) is 0.681. The summed E-state index contributed by atoms with van der Waals surface area (Å²) < 4.78 is 13.4. The number of rotatable bonds is 6. The molecule has 1 saturated carbocycles. The molecular weight excluding hydrogens is 227 g/mol. The second-order valence-corrected chi connectivity index (χ2v) is 5.31. The number of nitrogens with one attached hydrogen (secondary N) is 1. The van der Waals surface area contributed by atoms with Crippen LogP contribution < -0.4 is 10.2 Å². The van der Waals surface area contributed by atoms with E-state index in [2.05, 4.69) is 31.1 Å². The molecule has 18 heavy (non-hydrogen) atoms. The second-order valence-electron chi connectivity index (χ2n) is 5.31. The topological polar surface area (TPSA) is 15.3 Å². The van der Waals surface area contributed by atoms with Crippen molar-refractivity contribution >= 4 is 5.69 Å². The number of halogens is 1. The molecule has 1 atom stereocenters. The lowest BCUT2D eigenvalue weighted by atomic mass is 10.0. The molecule has 0 saturated heterocycles. The van der Waals surface area contributed by atoms with Gasteiger partial charge in [0.2, 0.25) is 0 Å². The lowest BCUT2D eigenvalue weighted by Gasteiger charge is -2.25. The van der Waals surface area contributed by atoms with E-state index in [4.69, 9.17) is 0 Å². The summed E-state index contributed by atoms with van der Waals surface area (Å²) in [5, 5.41) is 3.36. The minimum Gasteiger partial charge on any atom is -0.374 e. The first-order valence-corrected chi connectivity index (χ1v) is 6.85. The minimum atomic E-state index is -0.154. The third kappa shape index (κ3) is 3.22. The first-order valence-electron chi connectivity index (χ1n) is 6.85. The van der Waals surface area contributed by atoms with Crippen molar-refractivity contribution in [3.8, 4) is 0 Å². The number of benzene rings is 1. The van der Waals surface area contributed by atoms with Crippen LogP contribution in [0.25, 0.3) is 0 Å². The van der Waals surface area contributed by atoms with E-state index in [9.17, 15) is 4.39 Å². The van der Waals surface area contributed by atoms with Crippen molar-refractivity contribution in [3.63, 3.8) is 0 Å². The molecule has 0 radical (unpaired) electrons. The van der Waals surface area contributed by atoms with E-state index in [-0.39, 0.29) is 11.9 Å². The highest BCUT2D eigenvalue weighted by atomic mass is 19.1. The highest BCUT2D eigenvalue weighted by Gasteiger charge is 2.24. The first-order chi connectivity index (χ1) is 8.61. The van der Waals surface area contributed by atoms with Gasteiger partial charge in [0.25, 0.3) is 0 Å². The van der Waals surface area contributed by atoms with E-state index in [0.29, 0.717) is 0 Å². The van der Waals surface area contributed by atoms with Gasteiger partial charge in [-0.1, -0.05) is 6.92 Å². The third-order valence-electron chi connectivity index (χ3n) is 3.61. The molecule has 1 N–H and O–H groups in total. The molecule has 1 aromatic carbocycles. The van der Waals surface area contributed by atoms with Gasteiger partial charge in [0.15, 0.2) is 0 Å². The Hall–Kier alpha value is -1.09. The van der Waals surface area contributed by atoms with Crippen LogP contribution in [-0.4, -0.2) is 20.1 Å². The van der Waals surface area contributed by atoms with E-state index in [1.807, 2.05) is 6.07 Å². The lowest BCUT2D eigenvalue weighted by Crippen LogP contribution is -2.25. The Kier molecular flexibility index (Phi) is 4.23. The SMILES string of the molecule is CCNC(C)c1cc(F)ccc1N(C)CC1CC1. The zero-order chi connectivity index (χ0) is 13.1. The largest absolute Gasteiger partial charge is 0.374 e. The van der Waals surface area contributed by atoms with Gasteiger partial charge in [-0.15, -0.1) is 0 Å². The summed E-state index contributed by atoms with van der Waals surface area (Å²) in [5.41, 5.74) is 2.21. The molecule has 0 bridgehead atoms. The van der Waals surface area contributed by atoms with E-state index in [1.54, 1.807) is 12.1 Å². The van der Waals surface area contributed by atoms with Crippen molar-refractivity contribution in [2.75, 3.05) is 25.0 Å². The van der Waals surface area contributed by atoms with Crippen molar-refractivity contribution in [3.05, 3.63) is 29.6 Å². The molecule has 0 spiro atoms. The van der Waals surface area contributed by atoms with Crippen LogP contribution in [0.15, 0.2) is 18.2 Å². The molecule has 1 aromatic rings. The average Bonchev–Trinajstić information content (AvgIpc) is 3.13. The normalized spacial score (nSPS) is 16.7. The van der Waals surface area contributed by atoms with Crippen LogP contribution in [0.2, 0.25) is 0 Å². The number of hydrogen-bond donors (Lipinski definition) is 1. The van der Waals surface area contributed by atoms with Crippen LogP contribution in [0.4, 0.5) is 10.1 Å².